The smallest absolute Gasteiger partial charge is 0.322 e. The van der Waals surface area contributed by atoms with Crippen molar-refractivity contribution in [1.29, 1.82) is 0 Å². The van der Waals surface area contributed by atoms with Gasteiger partial charge in [-0.15, -0.1) is 5.10 Å². The maximum atomic E-state index is 12.5. The van der Waals surface area contributed by atoms with E-state index >= 15 is 0 Å². The SMILES string of the molecule is O=C(Nc1cnns1)N1C[C@H](c2ccccc2)C2(CCC2)C1. The number of likely N-dealkylation sites (tertiary alicyclic amines) is 1. The van der Waals surface area contributed by atoms with E-state index in [0.29, 0.717) is 10.9 Å². The molecule has 1 N–H and O–H groups in total. The zero-order valence-electron chi connectivity index (χ0n) is 12.2. The molecule has 2 amide bonds. The average Bonchev–Trinajstić information content (AvgIpc) is 3.14. The summed E-state index contributed by atoms with van der Waals surface area (Å²) in [6, 6.07) is 10.6. The highest BCUT2D eigenvalue weighted by Crippen LogP contribution is 2.55. The van der Waals surface area contributed by atoms with Gasteiger partial charge in [0.2, 0.25) is 0 Å². The van der Waals surface area contributed by atoms with E-state index in [1.54, 1.807) is 6.20 Å². The summed E-state index contributed by atoms with van der Waals surface area (Å²) in [5.41, 5.74) is 1.64. The second-order valence-corrected chi connectivity index (χ2v) is 7.06. The van der Waals surface area contributed by atoms with Gasteiger partial charge in [-0.25, -0.2) is 4.79 Å². The van der Waals surface area contributed by atoms with Gasteiger partial charge < -0.3 is 4.90 Å². The summed E-state index contributed by atoms with van der Waals surface area (Å²) < 4.78 is 3.78. The van der Waals surface area contributed by atoms with Crippen LogP contribution in [0, 0.1) is 5.41 Å². The topological polar surface area (TPSA) is 58.1 Å². The van der Waals surface area contributed by atoms with Crippen LogP contribution in [-0.2, 0) is 0 Å². The van der Waals surface area contributed by atoms with Crippen LogP contribution in [0.3, 0.4) is 0 Å². The number of carbonyl (C=O) groups is 1. The third kappa shape index (κ3) is 2.27. The van der Waals surface area contributed by atoms with Crippen molar-refractivity contribution in [1.82, 2.24) is 14.5 Å². The van der Waals surface area contributed by atoms with Crippen molar-refractivity contribution in [3.63, 3.8) is 0 Å². The Hall–Kier alpha value is -1.95. The molecule has 6 heteroatoms. The zero-order chi connectivity index (χ0) is 15.0. The van der Waals surface area contributed by atoms with Crippen molar-refractivity contribution in [3.05, 3.63) is 42.1 Å². The van der Waals surface area contributed by atoms with E-state index in [9.17, 15) is 4.79 Å². The molecule has 1 aliphatic carbocycles. The van der Waals surface area contributed by atoms with Gasteiger partial charge in [0, 0.05) is 30.5 Å². The van der Waals surface area contributed by atoms with E-state index in [1.807, 2.05) is 11.0 Å². The zero-order valence-corrected chi connectivity index (χ0v) is 13.1. The Balaban J connectivity index is 1.53. The Morgan fingerprint density at radius 2 is 2.14 bits per heavy atom. The first-order valence-electron chi connectivity index (χ1n) is 7.65. The highest BCUT2D eigenvalue weighted by Gasteiger charge is 2.51. The molecule has 1 saturated carbocycles. The van der Waals surface area contributed by atoms with Crippen molar-refractivity contribution in [2.75, 3.05) is 18.4 Å². The van der Waals surface area contributed by atoms with Gasteiger partial charge in [0.25, 0.3) is 0 Å². The van der Waals surface area contributed by atoms with Crippen molar-refractivity contribution >= 4 is 22.6 Å². The minimum absolute atomic E-state index is 0.0317. The second-order valence-electron chi connectivity index (χ2n) is 6.27. The average molecular weight is 314 g/mol. The Labute approximate surface area is 133 Å². The van der Waals surface area contributed by atoms with Crippen LogP contribution in [-0.4, -0.2) is 33.6 Å². The van der Waals surface area contributed by atoms with E-state index < -0.39 is 0 Å². The molecule has 1 aromatic heterocycles. The summed E-state index contributed by atoms with van der Waals surface area (Å²) in [6.45, 7) is 1.65. The summed E-state index contributed by atoms with van der Waals surface area (Å²) in [6.07, 6.45) is 5.31. The van der Waals surface area contributed by atoms with E-state index in [0.717, 1.165) is 13.1 Å². The molecule has 5 nitrogen and oxygen atoms in total. The highest BCUT2D eigenvalue weighted by atomic mass is 32.1. The molecular weight excluding hydrogens is 296 g/mol. The molecule has 1 aliphatic heterocycles. The Kier molecular flexibility index (Phi) is 3.33. The lowest BCUT2D eigenvalue weighted by Crippen LogP contribution is -2.38. The lowest BCUT2D eigenvalue weighted by molar-refractivity contribution is 0.125. The van der Waals surface area contributed by atoms with Gasteiger partial charge in [-0.2, -0.15) is 0 Å². The molecular formula is C16H18N4OS. The first-order valence-corrected chi connectivity index (χ1v) is 8.42. The lowest BCUT2D eigenvalue weighted by atomic mass is 9.61. The normalized spacial score (nSPS) is 22.5. The number of rotatable bonds is 2. The number of aromatic nitrogens is 2. The fourth-order valence-electron chi connectivity index (χ4n) is 3.81. The largest absolute Gasteiger partial charge is 0.323 e. The number of benzene rings is 1. The van der Waals surface area contributed by atoms with Crippen molar-refractivity contribution < 1.29 is 4.79 Å². The molecule has 0 unspecified atom stereocenters. The predicted molar refractivity (Wildman–Crippen MR) is 86.0 cm³/mol. The van der Waals surface area contributed by atoms with E-state index in [2.05, 4.69) is 39.2 Å². The number of amides is 2. The third-order valence-electron chi connectivity index (χ3n) is 5.08. The molecule has 1 spiro atoms. The fourth-order valence-corrected chi connectivity index (χ4v) is 4.22. The summed E-state index contributed by atoms with van der Waals surface area (Å²) in [5.74, 6) is 0.452. The van der Waals surface area contributed by atoms with Crippen molar-refractivity contribution in [3.8, 4) is 0 Å². The molecule has 1 atom stereocenters. The van der Waals surface area contributed by atoms with Crippen LogP contribution in [0.5, 0.6) is 0 Å². The molecule has 2 aromatic rings. The summed E-state index contributed by atoms with van der Waals surface area (Å²) in [7, 11) is 0. The van der Waals surface area contributed by atoms with Crippen LogP contribution >= 0.6 is 11.5 Å². The lowest BCUT2D eigenvalue weighted by Gasteiger charge is -2.42. The van der Waals surface area contributed by atoms with Gasteiger partial charge >= 0.3 is 6.03 Å². The van der Waals surface area contributed by atoms with Gasteiger partial charge in [0.05, 0.1) is 6.20 Å². The number of anilines is 1. The van der Waals surface area contributed by atoms with Crippen LogP contribution in [0.2, 0.25) is 0 Å². The highest BCUT2D eigenvalue weighted by molar-refractivity contribution is 7.10. The number of urea groups is 1. The Bertz CT molecular complexity index is 654. The minimum Gasteiger partial charge on any atom is -0.323 e. The van der Waals surface area contributed by atoms with E-state index in [4.69, 9.17) is 0 Å². The molecule has 1 saturated heterocycles. The summed E-state index contributed by atoms with van der Waals surface area (Å²) in [5, 5.41) is 7.36. The molecule has 22 heavy (non-hydrogen) atoms. The molecule has 4 rings (SSSR count). The standard InChI is InChI=1S/C16H18N4OS/c21-15(18-14-9-17-19-22-14)20-10-13(12-5-2-1-3-6-12)16(11-20)7-4-8-16/h1-3,5-6,9,13H,4,7-8,10-11H2,(H,18,21)/t13-/m1/s1. The second kappa shape index (κ2) is 5.35. The number of nitrogens with one attached hydrogen (secondary N) is 1. The molecule has 114 valence electrons. The van der Waals surface area contributed by atoms with Gasteiger partial charge in [-0.1, -0.05) is 41.2 Å². The first-order chi connectivity index (χ1) is 10.8. The van der Waals surface area contributed by atoms with Crippen LogP contribution < -0.4 is 5.32 Å². The molecule has 0 radical (unpaired) electrons. The molecule has 0 bridgehead atoms. The maximum absolute atomic E-state index is 12.5. The summed E-state index contributed by atoms with van der Waals surface area (Å²) >= 11 is 1.21. The van der Waals surface area contributed by atoms with Crippen LogP contribution in [0.15, 0.2) is 36.5 Å². The van der Waals surface area contributed by atoms with Gasteiger partial charge in [-0.05, 0) is 23.8 Å². The molecule has 2 aliphatic rings. The number of hydrogen-bond donors (Lipinski definition) is 1. The van der Waals surface area contributed by atoms with Crippen LogP contribution in [0.4, 0.5) is 9.80 Å². The number of hydrogen-bond acceptors (Lipinski definition) is 4. The quantitative estimate of drug-likeness (QED) is 0.925. The van der Waals surface area contributed by atoms with Gasteiger partial charge in [0.1, 0.15) is 5.00 Å². The van der Waals surface area contributed by atoms with E-state index in [1.165, 1.54) is 36.4 Å². The third-order valence-corrected chi connectivity index (χ3v) is 5.66. The van der Waals surface area contributed by atoms with Crippen molar-refractivity contribution in [2.24, 2.45) is 5.41 Å². The van der Waals surface area contributed by atoms with Crippen molar-refractivity contribution in [2.45, 2.75) is 25.2 Å². The number of nitrogens with zero attached hydrogens (tertiary/aromatic N) is 3. The maximum Gasteiger partial charge on any atom is 0.322 e. The minimum atomic E-state index is -0.0317. The van der Waals surface area contributed by atoms with Gasteiger partial charge in [-0.3, -0.25) is 5.32 Å². The predicted octanol–water partition coefficient (Wildman–Crippen LogP) is 3.34. The van der Waals surface area contributed by atoms with E-state index in [-0.39, 0.29) is 11.4 Å². The molecule has 2 fully saturated rings. The molecule has 2 heterocycles. The summed E-state index contributed by atoms with van der Waals surface area (Å²) in [4.78, 5) is 14.4. The Morgan fingerprint density at radius 1 is 1.32 bits per heavy atom. The van der Waals surface area contributed by atoms with Crippen LogP contribution in [0.25, 0.3) is 0 Å². The first kappa shape index (κ1) is 13.7. The monoisotopic (exact) mass is 314 g/mol. The van der Waals surface area contributed by atoms with Crippen LogP contribution in [0.1, 0.15) is 30.7 Å². The molecule has 1 aromatic carbocycles. The van der Waals surface area contributed by atoms with Gasteiger partial charge in [0.15, 0.2) is 0 Å². The number of carbonyl (C=O) groups excluding carboxylic acids is 1. The Morgan fingerprint density at radius 3 is 2.77 bits per heavy atom. The fraction of sp³-hybridized carbons (Fsp3) is 0.438.